The maximum atomic E-state index is 12.9. The van der Waals surface area contributed by atoms with Crippen molar-refractivity contribution in [1.29, 1.82) is 0 Å². The Balaban J connectivity index is 1.74. The van der Waals surface area contributed by atoms with Crippen LogP contribution in [-0.2, 0) is 9.59 Å². The van der Waals surface area contributed by atoms with Crippen LogP contribution in [0.1, 0.15) is 24.2 Å². The number of nitrogens with zero attached hydrogens (tertiary/aromatic N) is 1. The quantitative estimate of drug-likeness (QED) is 0.578. The largest absolute Gasteiger partial charge is 0.494 e. The van der Waals surface area contributed by atoms with Crippen molar-refractivity contribution in [3.8, 4) is 5.75 Å². The lowest BCUT2D eigenvalue weighted by Gasteiger charge is -2.30. The Morgan fingerprint density at radius 2 is 1.76 bits per heavy atom. The van der Waals surface area contributed by atoms with Crippen LogP contribution in [-0.4, -0.2) is 36.8 Å². The van der Waals surface area contributed by atoms with Crippen LogP contribution >= 0.6 is 0 Å². The standard InChI is InChI=1S/C21H21N3O5/c1-3-29-17-10-8-16(9-11-17)24-20(27)18(12-22-21(24)28)19(26)23-15-6-4-14(5-7-15)13(2)25/h4-11,18H,3,12H2,1-2H3,(H,22,28)(H,23,26). The van der Waals surface area contributed by atoms with E-state index < -0.39 is 23.8 Å². The van der Waals surface area contributed by atoms with Crippen molar-refractivity contribution in [3.63, 3.8) is 0 Å². The number of nitrogens with one attached hydrogen (secondary N) is 2. The Morgan fingerprint density at radius 3 is 2.34 bits per heavy atom. The summed E-state index contributed by atoms with van der Waals surface area (Å²) in [6.45, 7) is 3.71. The van der Waals surface area contributed by atoms with Gasteiger partial charge in [-0.1, -0.05) is 0 Å². The van der Waals surface area contributed by atoms with Crippen LogP contribution in [0.5, 0.6) is 5.75 Å². The molecule has 0 bridgehead atoms. The summed E-state index contributed by atoms with van der Waals surface area (Å²) in [7, 11) is 0. The van der Waals surface area contributed by atoms with Gasteiger partial charge in [-0.15, -0.1) is 0 Å². The van der Waals surface area contributed by atoms with Gasteiger partial charge in [-0.2, -0.15) is 0 Å². The molecule has 2 N–H and O–H groups in total. The third-order valence-electron chi connectivity index (χ3n) is 4.46. The topological polar surface area (TPSA) is 105 Å². The van der Waals surface area contributed by atoms with Gasteiger partial charge in [0.2, 0.25) is 11.8 Å². The summed E-state index contributed by atoms with van der Waals surface area (Å²) in [5, 5.41) is 5.22. The van der Waals surface area contributed by atoms with Crippen LogP contribution in [0, 0.1) is 5.92 Å². The van der Waals surface area contributed by atoms with Crippen molar-refractivity contribution >= 4 is 35.0 Å². The second-order valence-electron chi connectivity index (χ2n) is 6.46. The molecule has 1 aliphatic heterocycles. The number of carbonyl (C=O) groups excluding carboxylic acids is 4. The molecule has 4 amide bonds. The summed E-state index contributed by atoms with van der Waals surface area (Å²) in [4.78, 5) is 50.0. The minimum Gasteiger partial charge on any atom is -0.494 e. The molecule has 1 heterocycles. The minimum absolute atomic E-state index is 0.0842. The molecular formula is C21H21N3O5. The second-order valence-corrected chi connectivity index (χ2v) is 6.46. The molecule has 0 saturated carbocycles. The van der Waals surface area contributed by atoms with Crippen molar-refractivity contribution < 1.29 is 23.9 Å². The molecule has 0 spiro atoms. The van der Waals surface area contributed by atoms with E-state index in [0.29, 0.717) is 29.3 Å². The summed E-state index contributed by atoms with van der Waals surface area (Å²) < 4.78 is 5.36. The van der Waals surface area contributed by atoms with E-state index in [-0.39, 0.29) is 12.3 Å². The highest BCUT2D eigenvalue weighted by molar-refractivity contribution is 6.23. The van der Waals surface area contributed by atoms with E-state index >= 15 is 0 Å². The Hall–Kier alpha value is -3.68. The lowest BCUT2D eigenvalue weighted by molar-refractivity contribution is -0.130. The van der Waals surface area contributed by atoms with Crippen LogP contribution in [0.4, 0.5) is 16.2 Å². The molecule has 0 aliphatic carbocycles. The fourth-order valence-corrected chi connectivity index (χ4v) is 2.94. The zero-order chi connectivity index (χ0) is 21.0. The van der Waals surface area contributed by atoms with Gasteiger partial charge in [0.1, 0.15) is 11.7 Å². The van der Waals surface area contributed by atoms with Gasteiger partial charge in [-0.25, -0.2) is 9.69 Å². The Labute approximate surface area is 167 Å². The van der Waals surface area contributed by atoms with Gasteiger partial charge in [0.05, 0.1) is 12.3 Å². The van der Waals surface area contributed by atoms with E-state index in [1.165, 1.54) is 6.92 Å². The number of ketones is 1. The lowest BCUT2D eigenvalue weighted by atomic mass is 10.0. The molecule has 3 rings (SSSR count). The van der Waals surface area contributed by atoms with Gasteiger partial charge in [0, 0.05) is 17.8 Å². The summed E-state index contributed by atoms with van der Waals surface area (Å²) >= 11 is 0. The monoisotopic (exact) mass is 395 g/mol. The normalized spacial score (nSPS) is 16.2. The third-order valence-corrected chi connectivity index (χ3v) is 4.46. The van der Waals surface area contributed by atoms with E-state index in [1.807, 2.05) is 6.92 Å². The number of anilines is 2. The number of hydrogen-bond acceptors (Lipinski definition) is 5. The fraction of sp³-hybridized carbons (Fsp3) is 0.238. The number of amides is 4. The zero-order valence-electron chi connectivity index (χ0n) is 16.1. The smallest absolute Gasteiger partial charge is 0.328 e. The number of benzene rings is 2. The van der Waals surface area contributed by atoms with Gasteiger partial charge < -0.3 is 15.4 Å². The molecule has 0 aromatic heterocycles. The molecule has 8 heteroatoms. The Kier molecular flexibility index (Phi) is 5.92. The average Bonchev–Trinajstić information content (AvgIpc) is 2.70. The van der Waals surface area contributed by atoms with E-state index in [0.717, 1.165) is 4.90 Å². The maximum Gasteiger partial charge on any atom is 0.328 e. The van der Waals surface area contributed by atoms with Crippen molar-refractivity contribution in [3.05, 3.63) is 54.1 Å². The highest BCUT2D eigenvalue weighted by Gasteiger charge is 2.39. The van der Waals surface area contributed by atoms with Crippen LogP contribution in [0.2, 0.25) is 0 Å². The number of carbonyl (C=O) groups is 4. The molecule has 2 aromatic carbocycles. The summed E-state index contributed by atoms with van der Waals surface area (Å²) in [5.74, 6) is -1.70. The van der Waals surface area contributed by atoms with Gasteiger partial charge in [-0.05, 0) is 62.4 Å². The number of hydrogen-bond donors (Lipinski definition) is 2. The highest BCUT2D eigenvalue weighted by atomic mass is 16.5. The molecule has 1 saturated heterocycles. The van der Waals surface area contributed by atoms with Crippen molar-refractivity contribution in [2.75, 3.05) is 23.4 Å². The molecule has 0 radical (unpaired) electrons. The van der Waals surface area contributed by atoms with Gasteiger partial charge in [0.25, 0.3) is 0 Å². The molecule has 1 unspecified atom stereocenters. The second kappa shape index (κ2) is 8.55. The lowest BCUT2D eigenvalue weighted by Crippen LogP contribution is -2.58. The number of rotatable bonds is 6. The van der Waals surface area contributed by atoms with Crippen LogP contribution in [0.15, 0.2) is 48.5 Å². The van der Waals surface area contributed by atoms with Gasteiger partial charge in [-0.3, -0.25) is 14.4 Å². The molecule has 1 atom stereocenters. The maximum absolute atomic E-state index is 12.9. The SMILES string of the molecule is CCOc1ccc(N2C(=O)NCC(C(=O)Nc3ccc(C(C)=O)cc3)C2=O)cc1. The molecule has 150 valence electrons. The minimum atomic E-state index is -1.08. The number of Topliss-reactive ketones (excluding diaryl/α,β-unsaturated/α-hetero) is 1. The van der Waals surface area contributed by atoms with Gasteiger partial charge in [0.15, 0.2) is 5.78 Å². The predicted octanol–water partition coefficient (Wildman–Crippen LogP) is 2.60. The summed E-state index contributed by atoms with van der Waals surface area (Å²) in [6, 6.07) is 12.2. The molecule has 1 aliphatic rings. The first kappa shape index (κ1) is 20.1. The molecular weight excluding hydrogens is 374 g/mol. The van der Waals surface area contributed by atoms with E-state index in [4.69, 9.17) is 4.74 Å². The fourth-order valence-electron chi connectivity index (χ4n) is 2.94. The van der Waals surface area contributed by atoms with Crippen molar-refractivity contribution in [2.24, 2.45) is 5.92 Å². The number of imide groups is 1. The Morgan fingerprint density at radius 1 is 1.10 bits per heavy atom. The summed E-state index contributed by atoms with van der Waals surface area (Å²) in [5.41, 5.74) is 1.32. The van der Waals surface area contributed by atoms with E-state index in [1.54, 1.807) is 48.5 Å². The number of ether oxygens (including phenoxy) is 1. The van der Waals surface area contributed by atoms with E-state index in [2.05, 4.69) is 10.6 Å². The van der Waals surface area contributed by atoms with Gasteiger partial charge >= 0.3 is 6.03 Å². The average molecular weight is 395 g/mol. The third kappa shape index (κ3) is 4.43. The van der Waals surface area contributed by atoms with Crippen molar-refractivity contribution in [2.45, 2.75) is 13.8 Å². The predicted molar refractivity (Wildman–Crippen MR) is 107 cm³/mol. The van der Waals surface area contributed by atoms with E-state index in [9.17, 15) is 19.2 Å². The van der Waals surface area contributed by atoms with Crippen LogP contribution in [0.3, 0.4) is 0 Å². The first-order valence-electron chi connectivity index (χ1n) is 9.17. The molecule has 1 fully saturated rings. The Bertz CT molecular complexity index is 938. The van der Waals surface area contributed by atoms with Crippen molar-refractivity contribution in [1.82, 2.24) is 5.32 Å². The highest BCUT2D eigenvalue weighted by Crippen LogP contribution is 2.24. The summed E-state index contributed by atoms with van der Waals surface area (Å²) in [6.07, 6.45) is 0. The molecule has 8 nitrogen and oxygen atoms in total. The molecule has 29 heavy (non-hydrogen) atoms. The zero-order valence-corrected chi connectivity index (χ0v) is 16.1. The molecule has 2 aromatic rings. The first-order chi connectivity index (χ1) is 13.9. The van der Waals surface area contributed by atoms with Crippen LogP contribution < -0.4 is 20.3 Å². The van der Waals surface area contributed by atoms with Crippen LogP contribution in [0.25, 0.3) is 0 Å². The number of urea groups is 1. The first-order valence-corrected chi connectivity index (χ1v) is 9.17.